The van der Waals surface area contributed by atoms with E-state index in [0.717, 1.165) is 16.3 Å². The number of rotatable bonds is 6. The van der Waals surface area contributed by atoms with E-state index in [2.05, 4.69) is 11.6 Å². The Labute approximate surface area is 206 Å². The molecule has 2 aliphatic rings. The molecule has 3 heterocycles. The molecule has 1 aromatic heterocycles. The van der Waals surface area contributed by atoms with Crippen molar-refractivity contribution in [2.45, 2.75) is 20.0 Å². The first-order valence-electron chi connectivity index (χ1n) is 11.1. The van der Waals surface area contributed by atoms with Crippen LogP contribution in [-0.2, 0) is 9.59 Å². The van der Waals surface area contributed by atoms with Gasteiger partial charge in [0.25, 0.3) is 11.8 Å². The molecule has 0 spiro atoms. The molecule has 2 aromatic carbocycles. The van der Waals surface area contributed by atoms with Gasteiger partial charge in [-0.1, -0.05) is 6.08 Å². The molecule has 5 rings (SSSR count). The van der Waals surface area contributed by atoms with Crippen molar-refractivity contribution in [2.24, 2.45) is 0 Å². The third-order valence-corrected chi connectivity index (χ3v) is 6.69. The van der Waals surface area contributed by atoms with Gasteiger partial charge in [-0.15, -0.1) is 17.9 Å². The minimum atomic E-state index is -0.722. The number of ketones is 1. The number of thiazole rings is 1. The lowest BCUT2D eigenvalue weighted by Gasteiger charge is -2.33. The van der Waals surface area contributed by atoms with Crippen LogP contribution in [0.5, 0.6) is 11.5 Å². The van der Waals surface area contributed by atoms with E-state index in [1.165, 1.54) is 21.1 Å². The number of Topliss-reactive ketones (excluding diaryl/α,β-unsaturated/α-hetero) is 1. The van der Waals surface area contributed by atoms with Crippen LogP contribution in [0, 0.1) is 6.92 Å². The average molecular weight is 490 g/mol. The lowest BCUT2D eigenvalue weighted by molar-refractivity contribution is -0.125. The lowest BCUT2D eigenvalue weighted by atomic mass is 10.0. The van der Waals surface area contributed by atoms with Crippen molar-refractivity contribution in [3.63, 3.8) is 0 Å². The molecule has 0 bridgehead atoms. The van der Waals surface area contributed by atoms with Gasteiger partial charge in [0.2, 0.25) is 0 Å². The second-order valence-electron chi connectivity index (χ2n) is 8.31. The van der Waals surface area contributed by atoms with E-state index in [1.54, 1.807) is 37.3 Å². The molecule has 1 unspecified atom stereocenters. The molecule has 0 radical (unpaired) electrons. The smallest absolute Gasteiger partial charge is 0.268 e. The molecule has 8 nitrogen and oxygen atoms in total. The maximum atomic E-state index is 13.4. The van der Waals surface area contributed by atoms with Crippen LogP contribution >= 0.6 is 11.3 Å². The highest BCUT2D eigenvalue weighted by molar-refractivity contribution is 7.09. The lowest BCUT2D eigenvalue weighted by Crippen LogP contribution is -2.46. The van der Waals surface area contributed by atoms with Gasteiger partial charge in [-0.3, -0.25) is 19.3 Å². The standard InChI is InChI=1S/C26H23N3O5S/c1-4-9-28-20-11-18(6-7-23(20)33-13-25(28)31)22(30)12-29-21-10-17(19-14-35-16(3)27-19)5-8-24(21)34-15(2)26(29)32/h4-8,10-11,14-15H,1,9,12-13H2,2-3H3. The van der Waals surface area contributed by atoms with Crippen molar-refractivity contribution >= 4 is 40.3 Å². The van der Waals surface area contributed by atoms with E-state index in [0.29, 0.717) is 35.0 Å². The summed E-state index contributed by atoms with van der Waals surface area (Å²) in [6.45, 7) is 7.36. The summed E-state index contributed by atoms with van der Waals surface area (Å²) in [5.74, 6) is 0.266. The number of hydrogen-bond donors (Lipinski definition) is 0. The van der Waals surface area contributed by atoms with Gasteiger partial charge in [-0.05, 0) is 50.2 Å². The van der Waals surface area contributed by atoms with Crippen LogP contribution in [0.15, 0.2) is 54.4 Å². The van der Waals surface area contributed by atoms with Gasteiger partial charge in [0.05, 0.1) is 28.6 Å². The molecule has 178 valence electrons. The Balaban J connectivity index is 1.47. The summed E-state index contributed by atoms with van der Waals surface area (Å²) < 4.78 is 11.3. The molecular formula is C26H23N3O5S. The van der Waals surface area contributed by atoms with Crippen LogP contribution in [0.3, 0.4) is 0 Å². The summed E-state index contributed by atoms with van der Waals surface area (Å²) in [6, 6.07) is 10.5. The zero-order chi connectivity index (χ0) is 24.7. The minimum Gasteiger partial charge on any atom is -0.482 e. The van der Waals surface area contributed by atoms with Gasteiger partial charge in [0.1, 0.15) is 11.5 Å². The number of carbonyl (C=O) groups is 3. The molecule has 0 saturated carbocycles. The van der Waals surface area contributed by atoms with Gasteiger partial charge < -0.3 is 14.4 Å². The first-order valence-corrected chi connectivity index (χ1v) is 12.0. The van der Waals surface area contributed by atoms with Crippen LogP contribution in [0.25, 0.3) is 11.3 Å². The number of carbonyl (C=O) groups excluding carboxylic acids is 3. The zero-order valence-corrected chi connectivity index (χ0v) is 20.1. The second-order valence-corrected chi connectivity index (χ2v) is 9.37. The molecule has 35 heavy (non-hydrogen) atoms. The molecule has 0 fully saturated rings. The maximum absolute atomic E-state index is 13.4. The number of hydrogen-bond acceptors (Lipinski definition) is 7. The highest BCUT2D eigenvalue weighted by Gasteiger charge is 2.34. The SMILES string of the molecule is C=CCN1C(=O)COc2ccc(C(=O)CN3C(=O)C(C)Oc4ccc(-c5csc(C)n5)cc43)cc21. The fourth-order valence-corrected chi connectivity index (χ4v) is 4.79. The van der Waals surface area contributed by atoms with Crippen LogP contribution < -0.4 is 19.3 Å². The number of aryl methyl sites for hydroxylation is 1. The predicted octanol–water partition coefficient (Wildman–Crippen LogP) is 4.03. The van der Waals surface area contributed by atoms with E-state index < -0.39 is 6.10 Å². The molecule has 2 amide bonds. The number of ether oxygens (including phenoxy) is 2. The van der Waals surface area contributed by atoms with Crippen molar-refractivity contribution < 1.29 is 23.9 Å². The van der Waals surface area contributed by atoms with Gasteiger partial charge in [0, 0.05) is 23.1 Å². The monoisotopic (exact) mass is 489 g/mol. The quantitative estimate of drug-likeness (QED) is 0.384. The normalized spacial score (nSPS) is 16.8. The van der Waals surface area contributed by atoms with Crippen molar-refractivity contribution in [1.29, 1.82) is 0 Å². The van der Waals surface area contributed by atoms with Gasteiger partial charge in [-0.2, -0.15) is 0 Å². The largest absolute Gasteiger partial charge is 0.482 e. The fraction of sp³-hybridized carbons (Fsp3) is 0.231. The fourth-order valence-electron chi connectivity index (χ4n) is 4.17. The van der Waals surface area contributed by atoms with Crippen LogP contribution in [0.4, 0.5) is 11.4 Å². The summed E-state index contributed by atoms with van der Waals surface area (Å²) in [5, 5.41) is 2.89. The molecule has 9 heteroatoms. The van der Waals surface area contributed by atoms with E-state index in [4.69, 9.17) is 9.47 Å². The van der Waals surface area contributed by atoms with Crippen molar-refractivity contribution in [1.82, 2.24) is 4.98 Å². The predicted molar refractivity (Wildman–Crippen MR) is 134 cm³/mol. The molecule has 0 saturated heterocycles. The zero-order valence-electron chi connectivity index (χ0n) is 19.3. The van der Waals surface area contributed by atoms with Crippen LogP contribution in [-0.4, -0.2) is 48.4 Å². The van der Waals surface area contributed by atoms with Crippen molar-refractivity contribution in [3.05, 3.63) is 65.0 Å². The Bertz CT molecular complexity index is 1360. The number of benzene rings is 2. The summed E-state index contributed by atoms with van der Waals surface area (Å²) in [4.78, 5) is 46.2. The number of amides is 2. The average Bonchev–Trinajstić information content (AvgIpc) is 3.29. The summed E-state index contributed by atoms with van der Waals surface area (Å²) >= 11 is 1.54. The minimum absolute atomic E-state index is 0.0636. The summed E-state index contributed by atoms with van der Waals surface area (Å²) in [6.07, 6.45) is 0.897. The second kappa shape index (κ2) is 8.99. The van der Waals surface area contributed by atoms with E-state index >= 15 is 0 Å². The third kappa shape index (κ3) is 4.19. The van der Waals surface area contributed by atoms with Crippen molar-refractivity contribution in [3.8, 4) is 22.8 Å². The molecule has 2 aliphatic heterocycles. The van der Waals surface area contributed by atoms with E-state index in [1.807, 2.05) is 24.4 Å². The third-order valence-electron chi connectivity index (χ3n) is 5.92. The Morgan fingerprint density at radius 2 is 1.94 bits per heavy atom. The molecule has 0 aliphatic carbocycles. The molecular weight excluding hydrogens is 466 g/mol. The number of nitrogens with zero attached hydrogens (tertiary/aromatic N) is 3. The van der Waals surface area contributed by atoms with Crippen LogP contribution in [0.1, 0.15) is 22.3 Å². The Morgan fingerprint density at radius 1 is 1.17 bits per heavy atom. The Morgan fingerprint density at radius 3 is 2.69 bits per heavy atom. The molecule has 1 atom stereocenters. The van der Waals surface area contributed by atoms with E-state index in [9.17, 15) is 14.4 Å². The Hall–Kier alpha value is -3.98. The first-order chi connectivity index (χ1) is 16.9. The van der Waals surface area contributed by atoms with Gasteiger partial charge in [0.15, 0.2) is 18.5 Å². The van der Waals surface area contributed by atoms with Crippen molar-refractivity contribution in [2.75, 3.05) is 29.5 Å². The maximum Gasteiger partial charge on any atom is 0.268 e. The molecule has 0 N–H and O–H groups in total. The number of fused-ring (bicyclic) bond motifs is 2. The first kappa shape index (κ1) is 22.8. The molecule has 3 aromatic rings. The van der Waals surface area contributed by atoms with E-state index in [-0.39, 0.29) is 30.7 Å². The summed E-state index contributed by atoms with van der Waals surface area (Å²) in [7, 11) is 0. The highest BCUT2D eigenvalue weighted by atomic mass is 32.1. The van der Waals surface area contributed by atoms with Crippen LogP contribution in [0.2, 0.25) is 0 Å². The number of anilines is 2. The topological polar surface area (TPSA) is 89.0 Å². The number of aromatic nitrogens is 1. The van der Waals surface area contributed by atoms with Gasteiger partial charge in [-0.25, -0.2) is 4.98 Å². The highest BCUT2D eigenvalue weighted by Crippen LogP contribution is 2.38. The Kier molecular flexibility index (Phi) is 5.86. The summed E-state index contributed by atoms with van der Waals surface area (Å²) in [5.41, 5.74) is 3.04. The van der Waals surface area contributed by atoms with Gasteiger partial charge >= 0.3 is 0 Å².